The number of nitrogens with one attached hydrogen (secondary N) is 1. The van der Waals surface area contributed by atoms with E-state index >= 15 is 0 Å². The van der Waals surface area contributed by atoms with E-state index in [1.54, 1.807) is 17.0 Å². The predicted molar refractivity (Wildman–Crippen MR) is 63.3 cm³/mol. The number of hydrogen-bond donors (Lipinski definition) is 2. The van der Waals surface area contributed by atoms with Gasteiger partial charge >= 0.3 is 5.97 Å². The third-order valence-corrected chi connectivity index (χ3v) is 2.90. The fourth-order valence-electron chi connectivity index (χ4n) is 2.07. The second-order valence-corrected chi connectivity index (χ2v) is 4.31. The molecule has 0 bridgehead atoms. The van der Waals surface area contributed by atoms with E-state index in [0.29, 0.717) is 30.4 Å². The van der Waals surface area contributed by atoms with Gasteiger partial charge in [0.15, 0.2) is 11.6 Å². The molecule has 2 aliphatic rings. The van der Waals surface area contributed by atoms with Gasteiger partial charge in [-0.25, -0.2) is 9.78 Å². The van der Waals surface area contributed by atoms with Crippen LogP contribution in [0.5, 0.6) is 5.75 Å². The Morgan fingerprint density at radius 3 is 3.00 bits per heavy atom. The van der Waals surface area contributed by atoms with Gasteiger partial charge in [-0.05, 0) is 12.1 Å². The molecule has 1 aromatic rings. The maximum atomic E-state index is 11.7. The molecule has 0 spiro atoms. The summed E-state index contributed by atoms with van der Waals surface area (Å²) in [6.07, 6.45) is 0.335. The first kappa shape index (κ1) is 11.0. The molecule has 3 N–H and O–H groups in total. The van der Waals surface area contributed by atoms with Crippen LogP contribution in [0.2, 0.25) is 0 Å². The number of carbonyl (C=O) groups is 2. The Bertz CT molecular complexity index is 531. The van der Waals surface area contributed by atoms with Crippen molar-refractivity contribution in [2.45, 2.75) is 12.5 Å². The van der Waals surface area contributed by atoms with Gasteiger partial charge in [-0.2, -0.15) is 0 Å². The van der Waals surface area contributed by atoms with Gasteiger partial charge in [-0.15, -0.1) is 0 Å². The Morgan fingerprint density at radius 2 is 2.28 bits per heavy atom. The Hall–Kier alpha value is -2.15. The molecule has 7 nitrogen and oxygen atoms in total. The van der Waals surface area contributed by atoms with E-state index in [4.69, 9.17) is 10.5 Å². The lowest BCUT2D eigenvalue weighted by atomic mass is 10.3. The van der Waals surface area contributed by atoms with E-state index in [-0.39, 0.29) is 24.5 Å². The molecule has 94 valence electrons. The van der Waals surface area contributed by atoms with Crippen LogP contribution >= 0.6 is 0 Å². The molecule has 18 heavy (non-hydrogen) atoms. The molecule has 0 saturated carbocycles. The van der Waals surface area contributed by atoms with Gasteiger partial charge in [-0.3, -0.25) is 9.69 Å². The van der Waals surface area contributed by atoms with Gasteiger partial charge in [0.1, 0.15) is 12.4 Å². The summed E-state index contributed by atoms with van der Waals surface area (Å²) in [7, 11) is 0. The van der Waals surface area contributed by atoms with Gasteiger partial charge in [0.05, 0.1) is 0 Å². The van der Waals surface area contributed by atoms with E-state index in [1.165, 1.54) is 0 Å². The van der Waals surface area contributed by atoms with Crippen LogP contribution in [0.15, 0.2) is 12.1 Å². The smallest absolute Gasteiger partial charge is 0.330 e. The second-order valence-electron chi connectivity index (χ2n) is 4.31. The number of anilines is 2. The Labute approximate surface area is 103 Å². The highest BCUT2D eigenvalue weighted by Crippen LogP contribution is 2.29. The van der Waals surface area contributed by atoms with Crippen molar-refractivity contribution >= 4 is 23.5 Å². The molecule has 3 heterocycles. The molecule has 7 heteroatoms. The first-order valence-electron chi connectivity index (χ1n) is 5.65. The van der Waals surface area contributed by atoms with E-state index < -0.39 is 0 Å². The molecule has 1 atom stereocenters. The van der Waals surface area contributed by atoms with Crippen LogP contribution in [0.3, 0.4) is 0 Å². The molecule has 0 aromatic carbocycles. The highest BCUT2D eigenvalue weighted by molar-refractivity contribution is 5.95. The van der Waals surface area contributed by atoms with Gasteiger partial charge in [-0.1, -0.05) is 0 Å². The summed E-state index contributed by atoms with van der Waals surface area (Å²) >= 11 is 0. The topological polar surface area (TPSA) is 97.5 Å². The van der Waals surface area contributed by atoms with Crippen molar-refractivity contribution in [2.75, 3.05) is 23.3 Å². The van der Waals surface area contributed by atoms with Gasteiger partial charge in [0.2, 0.25) is 5.91 Å². The van der Waals surface area contributed by atoms with Gasteiger partial charge in [0.25, 0.3) is 0 Å². The van der Waals surface area contributed by atoms with Crippen LogP contribution in [0.1, 0.15) is 6.42 Å². The number of hydrogen-bond acceptors (Lipinski definition) is 6. The average Bonchev–Trinajstić information content (AvgIpc) is 2.68. The second kappa shape index (κ2) is 3.95. The van der Waals surface area contributed by atoms with Crippen LogP contribution in [-0.2, 0) is 9.59 Å². The molecule has 1 aromatic heterocycles. The van der Waals surface area contributed by atoms with Crippen molar-refractivity contribution in [3.63, 3.8) is 0 Å². The van der Waals surface area contributed by atoms with E-state index in [9.17, 15) is 9.59 Å². The maximum Gasteiger partial charge on any atom is 0.330 e. The number of aromatic nitrogens is 1. The monoisotopic (exact) mass is 248 g/mol. The summed E-state index contributed by atoms with van der Waals surface area (Å²) in [4.78, 5) is 28.6. The lowest BCUT2D eigenvalue weighted by molar-refractivity contribution is -0.132. The fourth-order valence-corrected chi connectivity index (χ4v) is 2.07. The molecule has 3 rings (SSSR count). The summed E-state index contributed by atoms with van der Waals surface area (Å²) in [5.41, 5.74) is 5.73. The van der Waals surface area contributed by atoms with Crippen molar-refractivity contribution in [1.82, 2.24) is 4.98 Å². The molecule has 1 amide bonds. The Kier molecular flexibility index (Phi) is 2.41. The number of amides is 1. The first-order valence-corrected chi connectivity index (χ1v) is 5.65. The van der Waals surface area contributed by atoms with Gasteiger partial charge in [0, 0.05) is 19.0 Å². The molecular formula is C11H12N4O3. The zero-order valence-electron chi connectivity index (χ0n) is 9.55. The number of nitrogens with zero attached hydrogens (tertiary/aromatic N) is 2. The van der Waals surface area contributed by atoms with Gasteiger partial charge < -0.3 is 15.8 Å². The van der Waals surface area contributed by atoms with Crippen molar-refractivity contribution in [1.29, 1.82) is 0 Å². The van der Waals surface area contributed by atoms with Crippen LogP contribution in [-0.4, -0.2) is 36.0 Å². The number of pyridine rings is 1. The zero-order chi connectivity index (χ0) is 12.7. The lowest BCUT2D eigenvalue weighted by Gasteiger charge is -2.20. The van der Waals surface area contributed by atoms with Crippen molar-refractivity contribution in [3.05, 3.63) is 12.1 Å². The Morgan fingerprint density at radius 1 is 1.44 bits per heavy atom. The number of rotatable bonds is 1. The standard InChI is InChI=1S/C11H12N4O3/c12-6-3-9(16)15(5-6)8-2-1-7-11(14-8)13-4-10(17)18-7/h1-2,6H,3-5,12H2,(H,13,14)/t6-/m1/s1. The lowest BCUT2D eigenvalue weighted by Crippen LogP contribution is -2.30. The van der Waals surface area contributed by atoms with Crippen LogP contribution in [0.4, 0.5) is 11.6 Å². The largest absolute Gasteiger partial charge is 0.421 e. The third kappa shape index (κ3) is 1.78. The van der Waals surface area contributed by atoms with E-state index in [1.807, 2.05) is 0 Å². The minimum Gasteiger partial charge on any atom is -0.421 e. The minimum absolute atomic E-state index is 0.0391. The number of esters is 1. The first-order chi connectivity index (χ1) is 8.63. The quantitative estimate of drug-likeness (QED) is 0.649. The third-order valence-electron chi connectivity index (χ3n) is 2.90. The summed E-state index contributed by atoms with van der Waals surface area (Å²) in [5, 5.41) is 2.85. The molecule has 2 aliphatic heterocycles. The van der Waals surface area contributed by atoms with Crippen molar-refractivity contribution < 1.29 is 14.3 Å². The van der Waals surface area contributed by atoms with Crippen LogP contribution < -0.4 is 20.7 Å². The number of nitrogens with two attached hydrogens (primary N) is 1. The number of ether oxygens (including phenoxy) is 1. The summed E-state index contributed by atoms with van der Waals surface area (Å²) < 4.78 is 5.01. The fraction of sp³-hybridized carbons (Fsp3) is 0.364. The number of carbonyl (C=O) groups excluding carboxylic acids is 2. The summed E-state index contributed by atoms with van der Waals surface area (Å²) in [6.45, 7) is 0.543. The molecule has 0 radical (unpaired) electrons. The molecule has 0 unspecified atom stereocenters. The summed E-state index contributed by atoms with van der Waals surface area (Å²) in [6, 6.07) is 3.12. The molecule has 1 saturated heterocycles. The number of fused-ring (bicyclic) bond motifs is 1. The molecule has 0 aliphatic carbocycles. The SMILES string of the molecule is N[C@@H]1CC(=O)N(c2ccc3c(n2)NCC(=O)O3)C1. The highest BCUT2D eigenvalue weighted by Gasteiger charge is 2.30. The van der Waals surface area contributed by atoms with Crippen LogP contribution in [0.25, 0.3) is 0 Å². The Balaban J connectivity index is 1.91. The van der Waals surface area contributed by atoms with E-state index in [0.717, 1.165) is 0 Å². The zero-order valence-corrected chi connectivity index (χ0v) is 9.55. The minimum atomic E-state index is -0.351. The van der Waals surface area contributed by atoms with Crippen molar-refractivity contribution in [3.8, 4) is 5.75 Å². The molecular weight excluding hydrogens is 236 g/mol. The average molecular weight is 248 g/mol. The highest BCUT2D eigenvalue weighted by atomic mass is 16.5. The summed E-state index contributed by atoms with van der Waals surface area (Å²) in [5.74, 6) is 0.988. The van der Waals surface area contributed by atoms with Crippen LogP contribution in [0, 0.1) is 0 Å². The maximum absolute atomic E-state index is 11.7. The normalized spacial score (nSPS) is 22.5. The van der Waals surface area contributed by atoms with Crippen molar-refractivity contribution in [2.24, 2.45) is 5.73 Å². The van der Waals surface area contributed by atoms with E-state index in [2.05, 4.69) is 10.3 Å². The predicted octanol–water partition coefficient (Wildman–Crippen LogP) is -0.524. The molecule has 1 fully saturated rings.